The Morgan fingerprint density at radius 1 is 1.38 bits per heavy atom. The number of fused-ring (bicyclic) bond motifs is 1. The summed E-state index contributed by atoms with van der Waals surface area (Å²) in [4.78, 5) is 10.9. The van der Waals surface area contributed by atoms with E-state index in [2.05, 4.69) is 19.4 Å². The number of hydrogen-bond acceptors (Lipinski definition) is 4. The molecule has 0 saturated carbocycles. The fraction of sp³-hybridized carbons (Fsp3) is 0.333. The monoisotopic (exact) mass is 302 g/mol. The molecule has 1 fully saturated rings. The molecule has 1 aromatic carbocycles. The predicted octanol–water partition coefficient (Wildman–Crippen LogP) is 3.12. The lowest BCUT2D eigenvalue weighted by Crippen LogP contribution is -2.48. The van der Waals surface area contributed by atoms with E-state index in [4.69, 9.17) is 16.0 Å². The molecule has 5 nitrogen and oxygen atoms in total. The molecule has 21 heavy (non-hydrogen) atoms. The molecule has 1 aliphatic heterocycles. The molecule has 0 radical (unpaired) electrons. The molecule has 0 aliphatic carbocycles. The highest BCUT2D eigenvalue weighted by Crippen LogP contribution is 2.29. The van der Waals surface area contributed by atoms with Crippen LogP contribution in [0.15, 0.2) is 35.0 Å². The van der Waals surface area contributed by atoms with E-state index in [-0.39, 0.29) is 0 Å². The standard InChI is InChI=1S/C15H15ClN4O/c1-10-17-4-5-19(10)7-11-8-20(9-11)15-18-13-3-2-12(16)6-14(13)21-15/h2-6,11H,7-9H2,1H3. The van der Waals surface area contributed by atoms with Gasteiger partial charge < -0.3 is 13.9 Å². The minimum absolute atomic E-state index is 0.608. The first kappa shape index (κ1) is 12.7. The minimum Gasteiger partial charge on any atom is -0.423 e. The van der Waals surface area contributed by atoms with Crippen LogP contribution in [0.5, 0.6) is 0 Å². The van der Waals surface area contributed by atoms with Crippen LogP contribution in [0.4, 0.5) is 6.01 Å². The maximum Gasteiger partial charge on any atom is 0.298 e. The Hall–Kier alpha value is -2.01. The number of aromatic nitrogens is 3. The zero-order valence-corrected chi connectivity index (χ0v) is 12.4. The van der Waals surface area contributed by atoms with Gasteiger partial charge in [0.1, 0.15) is 11.3 Å². The zero-order chi connectivity index (χ0) is 14.4. The van der Waals surface area contributed by atoms with Crippen molar-refractivity contribution in [2.45, 2.75) is 13.5 Å². The summed E-state index contributed by atoms with van der Waals surface area (Å²) in [6.45, 7) is 4.94. The molecule has 1 saturated heterocycles. The summed E-state index contributed by atoms with van der Waals surface area (Å²) in [5, 5.41) is 0.669. The Morgan fingerprint density at radius 3 is 3.00 bits per heavy atom. The smallest absolute Gasteiger partial charge is 0.298 e. The third-order valence-electron chi connectivity index (χ3n) is 3.95. The SMILES string of the molecule is Cc1nccn1CC1CN(c2nc3ccc(Cl)cc3o2)C1. The highest BCUT2D eigenvalue weighted by molar-refractivity contribution is 6.31. The molecule has 6 heteroatoms. The Bertz CT molecular complexity index is 788. The number of rotatable bonds is 3. The summed E-state index contributed by atoms with van der Waals surface area (Å²) in [5.41, 5.74) is 1.59. The van der Waals surface area contributed by atoms with Crippen molar-refractivity contribution in [3.63, 3.8) is 0 Å². The van der Waals surface area contributed by atoms with Gasteiger partial charge in [0.25, 0.3) is 6.01 Å². The average Bonchev–Trinajstić information content (AvgIpc) is 2.99. The Balaban J connectivity index is 1.45. The van der Waals surface area contributed by atoms with E-state index >= 15 is 0 Å². The normalized spacial score (nSPS) is 15.6. The van der Waals surface area contributed by atoms with E-state index in [1.165, 1.54) is 0 Å². The van der Waals surface area contributed by atoms with Gasteiger partial charge in [-0.2, -0.15) is 4.98 Å². The van der Waals surface area contributed by atoms with Gasteiger partial charge in [0.05, 0.1) is 0 Å². The molecule has 0 unspecified atom stereocenters. The first-order chi connectivity index (χ1) is 10.2. The van der Waals surface area contributed by atoms with Crippen molar-refractivity contribution in [2.75, 3.05) is 18.0 Å². The van der Waals surface area contributed by atoms with E-state index in [1.807, 2.05) is 31.5 Å². The number of halogens is 1. The first-order valence-corrected chi connectivity index (χ1v) is 7.35. The summed E-state index contributed by atoms with van der Waals surface area (Å²) in [6.07, 6.45) is 3.87. The van der Waals surface area contributed by atoms with Crippen molar-refractivity contribution in [1.29, 1.82) is 0 Å². The summed E-state index contributed by atoms with van der Waals surface area (Å²) in [7, 11) is 0. The summed E-state index contributed by atoms with van der Waals surface area (Å²) in [6, 6.07) is 6.21. The average molecular weight is 303 g/mol. The van der Waals surface area contributed by atoms with Crippen molar-refractivity contribution in [3.8, 4) is 0 Å². The molecule has 4 rings (SSSR count). The fourth-order valence-electron chi connectivity index (χ4n) is 2.74. The van der Waals surface area contributed by atoms with Crippen LogP contribution in [0.2, 0.25) is 5.02 Å². The van der Waals surface area contributed by atoms with Crippen LogP contribution in [0, 0.1) is 12.8 Å². The van der Waals surface area contributed by atoms with Crippen molar-refractivity contribution >= 4 is 28.7 Å². The van der Waals surface area contributed by atoms with Gasteiger partial charge in [-0.25, -0.2) is 4.98 Å². The van der Waals surface area contributed by atoms with Gasteiger partial charge in [-0.3, -0.25) is 0 Å². The molecule has 108 valence electrons. The van der Waals surface area contributed by atoms with Gasteiger partial charge in [0.2, 0.25) is 0 Å². The van der Waals surface area contributed by atoms with Gasteiger partial charge in [-0.05, 0) is 19.1 Å². The quantitative estimate of drug-likeness (QED) is 0.746. The van der Waals surface area contributed by atoms with Gasteiger partial charge in [-0.1, -0.05) is 11.6 Å². The number of anilines is 1. The molecule has 3 aromatic rings. The van der Waals surface area contributed by atoms with Crippen molar-refractivity contribution in [2.24, 2.45) is 5.92 Å². The van der Waals surface area contributed by atoms with Crippen LogP contribution in [-0.4, -0.2) is 27.6 Å². The van der Waals surface area contributed by atoms with Crippen LogP contribution >= 0.6 is 11.6 Å². The second-order valence-corrected chi connectivity index (χ2v) is 5.94. The second kappa shape index (κ2) is 4.77. The van der Waals surface area contributed by atoms with Gasteiger partial charge >= 0.3 is 0 Å². The Kier molecular flexibility index (Phi) is 2.89. The third-order valence-corrected chi connectivity index (χ3v) is 4.18. The summed E-state index contributed by atoms with van der Waals surface area (Å²) >= 11 is 5.96. The minimum atomic E-state index is 0.608. The van der Waals surface area contributed by atoms with Crippen LogP contribution in [-0.2, 0) is 6.54 Å². The topological polar surface area (TPSA) is 47.1 Å². The molecule has 0 bridgehead atoms. The lowest BCUT2D eigenvalue weighted by atomic mass is 10.0. The van der Waals surface area contributed by atoms with Crippen LogP contribution in [0.25, 0.3) is 11.1 Å². The Labute approximate surface area is 127 Å². The summed E-state index contributed by atoms with van der Waals surface area (Å²) in [5.74, 6) is 1.67. The van der Waals surface area contributed by atoms with E-state index in [9.17, 15) is 0 Å². The van der Waals surface area contributed by atoms with Gasteiger partial charge in [0, 0.05) is 49.0 Å². The third kappa shape index (κ3) is 2.27. The van der Waals surface area contributed by atoms with Crippen molar-refractivity contribution in [1.82, 2.24) is 14.5 Å². The van der Waals surface area contributed by atoms with Crippen molar-refractivity contribution in [3.05, 3.63) is 41.4 Å². The lowest BCUT2D eigenvalue weighted by molar-refractivity contribution is 0.335. The number of hydrogen-bond donors (Lipinski definition) is 0. The van der Waals surface area contributed by atoms with Crippen LogP contribution < -0.4 is 4.90 Å². The molecule has 0 N–H and O–H groups in total. The first-order valence-electron chi connectivity index (χ1n) is 6.98. The van der Waals surface area contributed by atoms with E-state index < -0.39 is 0 Å². The molecule has 2 aromatic heterocycles. The number of imidazole rings is 1. The maximum absolute atomic E-state index is 5.96. The van der Waals surface area contributed by atoms with Gasteiger partial charge in [0.15, 0.2) is 5.58 Å². The van der Waals surface area contributed by atoms with Crippen LogP contribution in [0.3, 0.4) is 0 Å². The molecule has 3 heterocycles. The van der Waals surface area contributed by atoms with Crippen LogP contribution in [0.1, 0.15) is 5.82 Å². The number of aryl methyl sites for hydroxylation is 1. The van der Waals surface area contributed by atoms with E-state index in [1.54, 1.807) is 6.07 Å². The second-order valence-electron chi connectivity index (χ2n) is 5.51. The molecule has 0 atom stereocenters. The van der Waals surface area contributed by atoms with E-state index in [0.717, 1.165) is 36.6 Å². The molecule has 1 aliphatic rings. The molecular weight excluding hydrogens is 288 g/mol. The van der Waals surface area contributed by atoms with E-state index in [0.29, 0.717) is 17.0 Å². The molecule has 0 spiro atoms. The number of nitrogens with zero attached hydrogens (tertiary/aromatic N) is 4. The molecular formula is C15H15ClN4O. The highest BCUT2D eigenvalue weighted by atomic mass is 35.5. The number of oxazole rings is 1. The molecule has 0 amide bonds. The Morgan fingerprint density at radius 2 is 2.24 bits per heavy atom. The van der Waals surface area contributed by atoms with Gasteiger partial charge in [-0.15, -0.1) is 0 Å². The van der Waals surface area contributed by atoms with Crippen molar-refractivity contribution < 1.29 is 4.42 Å². The maximum atomic E-state index is 5.96. The summed E-state index contributed by atoms with van der Waals surface area (Å²) < 4.78 is 7.96. The predicted molar refractivity (Wildman–Crippen MR) is 81.7 cm³/mol. The fourth-order valence-corrected chi connectivity index (χ4v) is 2.90. The number of benzene rings is 1. The largest absolute Gasteiger partial charge is 0.423 e. The zero-order valence-electron chi connectivity index (χ0n) is 11.7. The lowest BCUT2D eigenvalue weighted by Gasteiger charge is -2.38. The highest BCUT2D eigenvalue weighted by Gasteiger charge is 2.30.